The number of halogens is 1. The maximum absolute atomic E-state index is 10.7. The van der Waals surface area contributed by atoms with Crippen molar-refractivity contribution in [1.82, 2.24) is 0 Å². The molecule has 0 aliphatic rings. The molecule has 0 aliphatic heterocycles. The van der Waals surface area contributed by atoms with Gasteiger partial charge < -0.3 is 14.7 Å². The molecule has 4 nitrogen and oxygen atoms in total. The molecular formula is C15H20ClNO3. The largest absolute Gasteiger partial charge is 0.478 e. The van der Waals surface area contributed by atoms with Gasteiger partial charge in [-0.1, -0.05) is 11.6 Å². The summed E-state index contributed by atoms with van der Waals surface area (Å²) in [7, 11) is 0. The fraction of sp³-hybridized carbons (Fsp3) is 0.400. The van der Waals surface area contributed by atoms with Gasteiger partial charge in [0, 0.05) is 36.5 Å². The van der Waals surface area contributed by atoms with Crippen molar-refractivity contribution in [3.63, 3.8) is 0 Å². The lowest BCUT2D eigenvalue weighted by molar-refractivity contribution is -0.131. The molecule has 0 amide bonds. The van der Waals surface area contributed by atoms with Crippen LogP contribution in [0.1, 0.15) is 19.4 Å². The van der Waals surface area contributed by atoms with Gasteiger partial charge in [0.2, 0.25) is 0 Å². The summed E-state index contributed by atoms with van der Waals surface area (Å²) in [5.74, 6) is -0.978. The van der Waals surface area contributed by atoms with Crippen LogP contribution in [-0.2, 0) is 9.53 Å². The molecule has 1 N–H and O–H groups in total. The molecular weight excluding hydrogens is 278 g/mol. The SMILES string of the molecule is CCOCCN(CC)c1ccc(Cl)cc1/C=C/C(=O)O. The van der Waals surface area contributed by atoms with Crippen molar-refractivity contribution in [2.75, 3.05) is 31.2 Å². The first kappa shape index (κ1) is 16.5. The number of likely N-dealkylation sites (N-methyl/N-ethyl adjacent to an activating group) is 1. The second-order valence-corrected chi connectivity index (χ2v) is 4.59. The number of carbonyl (C=O) groups is 1. The van der Waals surface area contributed by atoms with E-state index in [0.717, 1.165) is 30.4 Å². The Morgan fingerprint density at radius 1 is 1.45 bits per heavy atom. The van der Waals surface area contributed by atoms with Gasteiger partial charge in [-0.2, -0.15) is 0 Å². The van der Waals surface area contributed by atoms with E-state index in [2.05, 4.69) is 4.90 Å². The Morgan fingerprint density at radius 3 is 2.80 bits per heavy atom. The van der Waals surface area contributed by atoms with Crippen molar-refractivity contribution in [3.8, 4) is 0 Å². The lowest BCUT2D eigenvalue weighted by atomic mass is 10.1. The molecule has 0 aromatic heterocycles. The summed E-state index contributed by atoms with van der Waals surface area (Å²) in [4.78, 5) is 12.8. The van der Waals surface area contributed by atoms with Crippen molar-refractivity contribution < 1.29 is 14.6 Å². The molecule has 0 atom stereocenters. The number of rotatable bonds is 8. The van der Waals surface area contributed by atoms with Crippen LogP contribution in [0.3, 0.4) is 0 Å². The van der Waals surface area contributed by atoms with E-state index in [1.165, 1.54) is 0 Å². The third-order valence-electron chi connectivity index (χ3n) is 2.83. The number of ether oxygens (including phenoxy) is 1. The van der Waals surface area contributed by atoms with E-state index in [1.54, 1.807) is 18.2 Å². The molecule has 0 saturated heterocycles. The fourth-order valence-electron chi connectivity index (χ4n) is 1.88. The Kier molecular flexibility index (Phi) is 7.12. The van der Waals surface area contributed by atoms with E-state index in [4.69, 9.17) is 21.4 Å². The monoisotopic (exact) mass is 297 g/mol. The van der Waals surface area contributed by atoms with E-state index in [9.17, 15) is 4.79 Å². The number of hydrogen-bond acceptors (Lipinski definition) is 3. The zero-order valence-corrected chi connectivity index (χ0v) is 12.6. The van der Waals surface area contributed by atoms with Gasteiger partial charge in [0.05, 0.1) is 6.61 Å². The fourth-order valence-corrected chi connectivity index (χ4v) is 2.06. The number of carboxylic acid groups (broad SMARTS) is 1. The first-order chi connectivity index (χ1) is 9.58. The molecule has 1 aromatic rings. The summed E-state index contributed by atoms with van der Waals surface area (Å²) < 4.78 is 5.37. The summed E-state index contributed by atoms with van der Waals surface area (Å²) in [6.07, 6.45) is 2.68. The van der Waals surface area contributed by atoms with E-state index < -0.39 is 5.97 Å². The van der Waals surface area contributed by atoms with Gasteiger partial charge in [0.25, 0.3) is 0 Å². The van der Waals surface area contributed by atoms with Crippen LogP contribution in [0.5, 0.6) is 0 Å². The summed E-state index contributed by atoms with van der Waals surface area (Å²) in [6.45, 7) is 6.88. The lowest BCUT2D eigenvalue weighted by Gasteiger charge is -2.25. The number of benzene rings is 1. The molecule has 0 bridgehead atoms. The quantitative estimate of drug-likeness (QED) is 0.591. The topological polar surface area (TPSA) is 49.8 Å². The predicted octanol–water partition coefficient (Wildman–Crippen LogP) is 3.30. The molecule has 0 unspecified atom stereocenters. The van der Waals surface area contributed by atoms with Crippen molar-refractivity contribution in [3.05, 3.63) is 34.9 Å². The Balaban J connectivity index is 2.98. The van der Waals surface area contributed by atoms with E-state index in [0.29, 0.717) is 18.2 Å². The zero-order chi connectivity index (χ0) is 15.0. The van der Waals surface area contributed by atoms with Gasteiger partial charge in [-0.25, -0.2) is 4.79 Å². The van der Waals surface area contributed by atoms with Crippen LogP contribution in [0, 0.1) is 0 Å². The first-order valence-electron chi connectivity index (χ1n) is 6.61. The normalized spacial score (nSPS) is 10.9. The van der Waals surface area contributed by atoms with Gasteiger partial charge in [-0.05, 0) is 43.7 Å². The Bertz CT molecular complexity index is 474. The van der Waals surface area contributed by atoms with Crippen LogP contribution in [0.25, 0.3) is 6.08 Å². The molecule has 0 aliphatic carbocycles. The molecule has 0 heterocycles. The van der Waals surface area contributed by atoms with Crippen LogP contribution >= 0.6 is 11.6 Å². The first-order valence-corrected chi connectivity index (χ1v) is 6.99. The Labute approximate surface area is 124 Å². The summed E-state index contributed by atoms with van der Waals surface area (Å²) in [6, 6.07) is 5.47. The molecule has 0 spiro atoms. The van der Waals surface area contributed by atoms with Crippen LogP contribution in [-0.4, -0.2) is 37.4 Å². The molecule has 5 heteroatoms. The highest BCUT2D eigenvalue weighted by Gasteiger charge is 2.09. The maximum Gasteiger partial charge on any atom is 0.328 e. The maximum atomic E-state index is 10.7. The van der Waals surface area contributed by atoms with Crippen LogP contribution in [0.2, 0.25) is 5.02 Å². The standard InChI is InChI=1S/C15H20ClNO3/c1-3-17(9-10-20-4-2)14-7-6-13(16)11-12(14)5-8-15(18)19/h5-8,11H,3-4,9-10H2,1-2H3,(H,18,19)/b8-5+. The smallest absolute Gasteiger partial charge is 0.328 e. The number of nitrogens with zero attached hydrogens (tertiary/aromatic N) is 1. The average molecular weight is 298 g/mol. The van der Waals surface area contributed by atoms with E-state index in [1.807, 2.05) is 19.9 Å². The average Bonchev–Trinajstić information content (AvgIpc) is 2.42. The van der Waals surface area contributed by atoms with Gasteiger partial charge in [-0.15, -0.1) is 0 Å². The minimum Gasteiger partial charge on any atom is -0.478 e. The number of hydrogen-bond donors (Lipinski definition) is 1. The zero-order valence-electron chi connectivity index (χ0n) is 11.8. The lowest BCUT2D eigenvalue weighted by Crippen LogP contribution is -2.27. The summed E-state index contributed by atoms with van der Waals surface area (Å²) >= 11 is 5.98. The Hall–Kier alpha value is -1.52. The number of anilines is 1. The van der Waals surface area contributed by atoms with Crippen molar-refractivity contribution >= 4 is 29.3 Å². The highest BCUT2D eigenvalue weighted by atomic mass is 35.5. The van der Waals surface area contributed by atoms with Crippen LogP contribution < -0.4 is 4.90 Å². The Morgan fingerprint density at radius 2 is 2.20 bits per heavy atom. The van der Waals surface area contributed by atoms with Gasteiger partial charge in [0.15, 0.2) is 0 Å². The molecule has 20 heavy (non-hydrogen) atoms. The van der Waals surface area contributed by atoms with Crippen molar-refractivity contribution in [2.24, 2.45) is 0 Å². The minimum atomic E-state index is -0.978. The van der Waals surface area contributed by atoms with E-state index in [-0.39, 0.29) is 0 Å². The van der Waals surface area contributed by atoms with Crippen molar-refractivity contribution in [2.45, 2.75) is 13.8 Å². The number of carboxylic acids is 1. The second kappa shape index (κ2) is 8.61. The van der Waals surface area contributed by atoms with Crippen LogP contribution in [0.4, 0.5) is 5.69 Å². The molecule has 1 aromatic carbocycles. The highest BCUT2D eigenvalue weighted by molar-refractivity contribution is 6.30. The third-order valence-corrected chi connectivity index (χ3v) is 3.06. The molecule has 0 saturated carbocycles. The molecule has 110 valence electrons. The molecule has 1 rings (SSSR count). The van der Waals surface area contributed by atoms with E-state index >= 15 is 0 Å². The van der Waals surface area contributed by atoms with Gasteiger partial charge in [-0.3, -0.25) is 0 Å². The third kappa shape index (κ3) is 5.23. The van der Waals surface area contributed by atoms with Gasteiger partial charge >= 0.3 is 5.97 Å². The highest BCUT2D eigenvalue weighted by Crippen LogP contribution is 2.25. The minimum absolute atomic E-state index is 0.583. The van der Waals surface area contributed by atoms with Gasteiger partial charge in [0.1, 0.15) is 0 Å². The number of aliphatic carboxylic acids is 1. The van der Waals surface area contributed by atoms with Crippen LogP contribution in [0.15, 0.2) is 24.3 Å². The summed E-state index contributed by atoms with van der Waals surface area (Å²) in [5, 5.41) is 9.33. The predicted molar refractivity (Wildman–Crippen MR) is 82.5 cm³/mol. The molecule has 0 fully saturated rings. The summed E-state index contributed by atoms with van der Waals surface area (Å²) in [5.41, 5.74) is 1.74. The second-order valence-electron chi connectivity index (χ2n) is 4.15. The molecule has 0 radical (unpaired) electrons. The van der Waals surface area contributed by atoms with Crippen molar-refractivity contribution in [1.29, 1.82) is 0 Å².